The van der Waals surface area contributed by atoms with Crippen LogP contribution in [-0.2, 0) is 6.16 Å². The number of rotatable bonds is 7. The van der Waals surface area contributed by atoms with E-state index in [1.165, 1.54) is 12.1 Å². The van der Waals surface area contributed by atoms with E-state index in [4.69, 9.17) is 0 Å². The first-order valence-electron chi connectivity index (χ1n) is 11.2. The average Bonchev–Trinajstić information content (AvgIpc) is 2.84. The second-order valence-corrected chi connectivity index (χ2v) is 12.3. The summed E-state index contributed by atoms with van der Waals surface area (Å²) in [6.45, 7) is 6.10. The van der Waals surface area contributed by atoms with E-state index in [0.29, 0.717) is 11.7 Å². The minimum Gasteiger partial charge on any atom is -1.00 e. The second-order valence-electron chi connectivity index (χ2n) is 8.85. The Hall–Kier alpha value is -3.16. The van der Waals surface area contributed by atoms with Crippen LogP contribution < -0.4 is 39.9 Å². The fraction of sp³-hybridized carbons (Fsp3) is 0.143. The Morgan fingerprint density at radius 3 is 1.17 bits per heavy atom. The lowest BCUT2D eigenvalue weighted by Crippen LogP contribution is -3.00. The first kappa shape index (κ1) is 27.4. The van der Waals surface area contributed by atoms with Crippen molar-refractivity contribution in [3.05, 3.63) is 133 Å². The van der Waals surface area contributed by atoms with Gasteiger partial charge in [0.05, 0.1) is 22.1 Å². The fourth-order valence-corrected chi connectivity index (χ4v) is 8.50. The Bertz CT molecular complexity index is 1250. The van der Waals surface area contributed by atoms with Crippen molar-refractivity contribution in [2.75, 3.05) is 0 Å². The predicted octanol–water partition coefficient (Wildman–Crippen LogP) is 2.93. The summed E-state index contributed by atoms with van der Waals surface area (Å²) < 4.78 is 0. The molecule has 6 nitrogen and oxygen atoms in total. The van der Waals surface area contributed by atoms with Crippen LogP contribution in [0.2, 0.25) is 0 Å². The van der Waals surface area contributed by atoms with Crippen molar-refractivity contribution in [2.45, 2.75) is 26.9 Å². The summed E-state index contributed by atoms with van der Waals surface area (Å²) in [5.41, 5.74) is 3.41. The maximum Gasteiger partial charge on any atom is 0.276 e. The number of hydrogen-bond donors (Lipinski definition) is 0. The molecule has 0 aromatic heterocycles. The summed E-state index contributed by atoms with van der Waals surface area (Å²) in [5.74, 6) is 0. The number of nitro groups is 2. The van der Waals surface area contributed by atoms with Crippen LogP contribution in [0, 0.1) is 41.0 Å². The van der Waals surface area contributed by atoms with Crippen LogP contribution >= 0.6 is 7.26 Å². The molecule has 184 valence electrons. The zero-order valence-electron chi connectivity index (χ0n) is 20.2. The molecule has 0 radical (unpaired) electrons. The molecule has 0 amide bonds. The molecule has 0 atom stereocenters. The number of benzene rings is 4. The maximum absolute atomic E-state index is 11.6. The van der Waals surface area contributed by atoms with Gasteiger partial charge in [-0.2, -0.15) is 0 Å². The van der Waals surface area contributed by atoms with Crippen molar-refractivity contribution in [2.24, 2.45) is 0 Å². The van der Waals surface area contributed by atoms with E-state index in [2.05, 4.69) is 72.8 Å². The maximum atomic E-state index is 11.6. The highest BCUT2D eigenvalue weighted by atomic mass is 127. The smallest absolute Gasteiger partial charge is 0.276 e. The highest BCUT2D eigenvalue weighted by Gasteiger charge is 2.46. The molecule has 0 bridgehead atoms. The molecule has 0 fully saturated rings. The van der Waals surface area contributed by atoms with Gasteiger partial charge in [0, 0.05) is 17.7 Å². The third-order valence-electron chi connectivity index (χ3n) is 6.23. The second kappa shape index (κ2) is 11.3. The summed E-state index contributed by atoms with van der Waals surface area (Å²) >= 11 is 0. The summed E-state index contributed by atoms with van der Waals surface area (Å²) in [7, 11) is -2.38. The molecule has 0 N–H and O–H groups in total. The van der Waals surface area contributed by atoms with E-state index >= 15 is 0 Å². The molecule has 4 aromatic carbocycles. The van der Waals surface area contributed by atoms with Gasteiger partial charge in [-0.15, -0.1) is 0 Å². The monoisotopic (exact) mass is 612 g/mol. The van der Waals surface area contributed by atoms with Crippen molar-refractivity contribution in [1.82, 2.24) is 0 Å². The number of nitrogens with zero attached hydrogens (tertiary/aromatic N) is 2. The van der Waals surface area contributed by atoms with Crippen LogP contribution in [0.3, 0.4) is 0 Å². The van der Waals surface area contributed by atoms with Crippen molar-refractivity contribution in [3.8, 4) is 0 Å². The molecule has 0 spiro atoms. The van der Waals surface area contributed by atoms with Crippen LogP contribution in [-0.4, -0.2) is 9.85 Å². The SMILES string of the molecule is Cc1ccc([P+](Cc2cc([N+](=O)[O-])cc([N+](=O)[O-])c2)(c2ccc(C)cc2)c2ccc(C)cc2)cc1.[I-]. The lowest BCUT2D eigenvalue weighted by Gasteiger charge is -2.28. The summed E-state index contributed by atoms with van der Waals surface area (Å²) in [6, 6.07) is 29.1. The van der Waals surface area contributed by atoms with E-state index in [1.54, 1.807) is 0 Å². The third-order valence-corrected chi connectivity index (χ3v) is 10.6. The first-order valence-corrected chi connectivity index (χ1v) is 13.2. The van der Waals surface area contributed by atoms with Gasteiger partial charge < -0.3 is 24.0 Å². The van der Waals surface area contributed by atoms with E-state index in [1.807, 2.05) is 20.8 Å². The molecule has 4 aromatic rings. The fourth-order valence-electron chi connectivity index (χ4n) is 4.35. The summed E-state index contributed by atoms with van der Waals surface area (Å²) in [5, 5.41) is 26.6. The van der Waals surface area contributed by atoms with Crippen molar-refractivity contribution >= 4 is 34.6 Å². The Morgan fingerprint density at radius 2 is 0.889 bits per heavy atom. The van der Waals surface area contributed by atoms with E-state index in [-0.39, 0.29) is 35.4 Å². The highest BCUT2D eigenvalue weighted by Crippen LogP contribution is 2.58. The normalized spacial score (nSPS) is 11.0. The minimum absolute atomic E-state index is 0. The average molecular weight is 612 g/mol. The van der Waals surface area contributed by atoms with Crippen molar-refractivity contribution in [1.29, 1.82) is 0 Å². The van der Waals surface area contributed by atoms with Gasteiger partial charge in [0.15, 0.2) is 0 Å². The number of hydrogen-bond acceptors (Lipinski definition) is 4. The predicted molar refractivity (Wildman–Crippen MR) is 143 cm³/mol. The van der Waals surface area contributed by atoms with Gasteiger partial charge in [0.2, 0.25) is 0 Å². The van der Waals surface area contributed by atoms with E-state index in [9.17, 15) is 20.2 Å². The number of halogens is 1. The molecule has 36 heavy (non-hydrogen) atoms. The van der Waals surface area contributed by atoms with Gasteiger partial charge in [-0.25, -0.2) is 0 Å². The zero-order valence-corrected chi connectivity index (χ0v) is 23.3. The van der Waals surface area contributed by atoms with Crippen LogP contribution in [0.4, 0.5) is 11.4 Å². The Balaban J connectivity index is 0.00000361. The van der Waals surface area contributed by atoms with E-state index in [0.717, 1.165) is 38.7 Å². The molecule has 0 unspecified atom stereocenters. The Morgan fingerprint density at radius 1 is 0.583 bits per heavy atom. The molecular formula is C28H26IN2O4P. The van der Waals surface area contributed by atoms with Gasteiger partial charge in [0.1, 0.15) is 23.2 Å². The Kier molecular flexibility index (Phi) is 8.59. The van der Waals surface area contributed by atoms with Crippen molar-refractivity contribution < 1.29 is 33.8 Å². The van der Waals surface area contributed by atoms with Crippen LogP contribution in [0.1, 0.15) is 22.3 Å². The topological polar surface area (TPSA) is 86.3 Å². The minimum atomic E-state index is -2.38. The molecule has 0 saturated carbocycles. The molecule has 0 saturated heterocycles. The molecular weight excluding hydrogens is 586 g/mol. The number of nitro benzene ring substituents is 2. The summed E-state index contributed by atoms with van der Waals surface area (Å²) in [6.07, 6.45) is 0.421. The van der Waals surface area contributed by atoms with Crippen LogP contribution in [0.15, 0.2) is 91.0 Å². The molecule has 0 aliphatic carbocycles. The van der Waals surface area contributed by atoms with Crippen LogP contribution in [0.5, 0.6) is 0 Å². The van der Waals surface area contributed by atoms with Crippen LogP contribution in [0.25, 0.3) is 0 Å². The van der Waals surface area contributed by atoms with E-state index < -0.39 is 17.1 Å². The third kappa shape index (κ3) is 5.63. The standard InChI is InChI=1S/C28H26N2O4P.HI/c1-20-4-10-26(11-5-20)35(27-12-6-21(2)7-13-27,28-14-8-22(3)9-15-28)19-23-16-24(29(31)32)18-25(17-23)30(33)34;/h4-18H,19H2,1-3H3;1H/q+1;/p-1. The first-order chi connectivity index (χ1) is 16.7. The highest BCUT2D eigenvalue weighted by molar-refractivity contribution is 7.95. The molecule has 0 heterocycles. The number of aryl methyl sites for hydroxylation is 3. The van der Waals surface area contributed by atoms with Crippen molar-refractivity contribution in [3.63, 3.8) is 0 Å². The molecule has 8 heteroatoms. The zero-order chi connectivity index (χ0) is 25.2. The van der Waals surface area contributed by atoms with Gasteiger partial charge in [-0.3, -0.25) is 20.2 Å². The molecule has 0 aliphatic rings. The lowest BCUT2D eigenvalue weighted by molar-refractivity contribution is -0.394. The molecule has 4 rings (SSSR count). The number of non-ortho nitro benzene ring substituents is 2. The summed E-state index contributed by atoms with van der Waals surface area (Å²) in [4.78, 5) is 22.1. The quantitative estimate of drug-likeness (QED) is 0.139. The lowest BCUT2D eigenvalue weighted by atomic mass is 10.2. The molecule has 0 aliphatic heterocycles. The van der Waals surface area contributed by atoms with Gasteiger partial charge >= 0.3 is 0 Å². The Labute approximate surface area is 228 Å². The van der Waals surface area contributed by atoms with Gasteiger partial charge in [0.25, 0.3) is 11.4 Å². The van der Waals surface area contributed by atoms with Gasteiger partial charge in [-0.1, -0.05) is 53.1 Å². The van der Waals surface area contributed by atoms with Gasteiger partial charge in [-0.05, 0) is 57.2 Å². The largest absolute Gasteiger partial charge is 1.00 e.